The number of carbonyl (C=O) groups excluding carboxylic acids is 2. The van der Waals surface area contributed by atoms with Crippen molar-refractivity contribution in [2.45, 2.75) is 39.3 Å². The van der Waals surface area contributed by atoms with Crippen LogP contribution in [0.2, 0.25) is 0 Å². The predicted molar refractivity (Wildman–Crippen MR) is 130 cm³/mol. The summed E-state index contributed by atoms with van der Waals surface area (Å²) in [5, 5.41) is 2.16. The molecule has 4 rings (SSSR count). The van der Waals surface area contributed by atoms with Crippen LogP contribution in [0.15, 0.2) is 41.8 Å². The van der Waals surface area contributed by atoms with Crippen LogP contribution in [0.3, 0.4) is 0 Å². The summed E-state index contributed by atoms with van der Waals surface area (Å²) in [6, 6.07) is 12.6. The van der Waals surface area contributed by atoms with Gasteiger partial charge in [0.15, 0.2) is 0 Å². The van der Waals surface area contributed by atoms with Gasteiger partial charge in [-0.2, -0.15) is 0 Å². The lowest BCUT2D eigenvalue weighted by atomic mass is 9.91. The molecular weight excluding hydrogens is 442 g/mol. The lowest BCUT2D eigenvalue weighted by Gasteiger charge is -2.43. The lowest BCUT2D eigenvalue weighted by Crippen LogP contribution is -2.57. The quantitative estimate of drug-likeness (QED) is 0.616. The van der Waals surface area contributed by atoms with Crippen molar-refractivity contribution in [3.8, 4) is 0 Å². The largest absolute Gasteiger partial charge is 0.339 e. The fourth-order valence-electron chi connectivity index (χ4n) is 4.78. The Morgan fingerprint density at radius 3 is 2.38 bits per heavy atom. The Hall–Kier alpha value is -1.89. The van der Waals surface area contributed by atoms with Gasteiger partial charge >= 0.3 is 0 Å². The summed E-state index contributed by atoms with van der Waals surface area (Å²) in [6.07, 6.45) is 0.976. The van der Waals surface area contributed by atoms with E-state index in [1.807, 2.05) is 48.0 Å². The normalized spacial score (nSPS) is 20.7. The number of piperazine rings is 1. The third kappa shape index (κ3) is 4.45. The van der Waals surface area contributed by atoms with Crippen molar-refractivity contribution in [1.29, 1.82) is 0 Å². The van der Waals surface area contributed by atoms with Gasteiger partial charge in [0.2, 0.25) is 11.8 Å². The molecule has 2 aliphatic rings. The minimum absolute atomic E-state index is 0.0674. The van der Waals surface area contributed by atoms with Crippen molar-refractivity contribution < 1.29 is 9.59 Å². The monoisotopic (exact) mass is 473 g/mol. The molecule has 1 aromatic carbocycles. The fourth-order valence-corrected chi connectivity index (χ4v) is 5.80. The van der Waals surface area contributed by atoms with Gasteiger partial charge < -0.3 is 9.80 Å². The summed E-state index contributed by atoms with van der Waals surface area (Å²) in [6.45, 7) is 8.91. The van der Waals surface area contributed by atoms with Crippen LogP contribution in [0, 0.1) is 5.41 Å². The molecule has 0 bridgehead atoms. The number of hydrogen-bond donors (Lipinski definition) is 0. The summed E-state index contributed by atoms with van der Waals surface area (Å²) in [4.78, 5) is 33.8. The smallest absolute Gasteiger partial charge is 0.239 e. The zero-order valence-electron chi connectivity index (χ0n) is 19.1. The van der Waals surface area contributed by atoms with Crippen molar-refractivity contribution in [2.75, 3.05) is 38.6 Å². The molecule has 2 aromatic rings. The Morgan fingerprint density at radius 2 is 1.72 bits per heavy atom. The number of thiophene rings is 1. The number of alkyl halides is 1. The Labute approximate surface area is 199 Å². The minimum Gasteiger partial charge on any atom is -0.339 e. The molecule has 1 aromatic heterocycles. The third-order valence-electron chi connectivity index (χ3n) is 6.76. The Bertz CT molecular complexity index is 953. The molecule has 32 heavy (non-hydrogen) atoms. The number of benzene rings is 1. The summed E-state index contributed by atoms with van der Waals surface area (Å²) in [7, 11) is 0. The first-order valence-electron chi connectivity index (χ1n) is 11.3. The van der Waals surface area contributed by atoms with Gasteiger partial charge in [-0.3, -0.25) is 14.5 Å². The second kappa shape index (κ2) is 9.54. The van der Waals surface area contributed by atoms with Gasteiger partial charge in [-0.05, 0) is 49.8 Å². The third-order valence-corrected chi connectivity index (χ3v) is 8.43. The highest BCUT2D eigenvalue weighted by atomic mass is 35.5. The van der Waals surface area contributed by atoms with E-state index in [-0.39, 0.29) is 23.9 Å². The molecule has 1 fully saturated rings. The van der Waals surface area contributed by atoms with Crippen molar-refractivity contribution in [1.82, 2.24) is 14.7 Å². The molecule has 2 atom stereocenters. The van der Waals surface area contributed by atoms with Crippen LogP contribution in [0.1, 0.15) is 42.8 Å². The molecule has 0 saturated carbocycles. The maximum absolute atomic E-state index is 13.5. The minimum atomic E-state index is -0.573. The standard InChI is InChI=1S/C25H32ClN3O2S/c1-18(23(30)27-12-14-28(15-13-27)24(31)25(2,3)17-26)29-11-9-21-20(10-16-32-21)22(29)19-7-5-4-6-8-19/h4-8,10,16,18,22H,9,11-15,17H2,1-3H3. The number of amides is 2. The Balaban J connectivity index is 1.47. The number of fused-ring (bicyclic) bond motifs is 1. The van der Waals surface area contributed by atoms with Crippen molar-refractivity contribution in [3.05, 3.63) is 57.8 Å². The van der Waals surface area contributed by atoms with Crippen LogP contribution < -0.4 is 0 Å². The summed E-state index contributed by atoms with van der Waals surface area (Å²) in [5.74, 6) is 0.508. The van der Waals surface area contributed by atoms with Crippen molar-refractivity contribution in [3.63, 3.8) is 0 Å². The molecule has 0 spiro atoms. The van der Waals surface area contributed by atoms with Gasteiger partial charge in [-0.15, -0.1) is 22.9 Å². The first kappa shape index (κ1) is 23.3. The van der Waals surface area contributed by atoms with Gasteiger partial charge in [-0.25, -0.2) is 0 Å². The molecule has 2 unspecified atom stereocenters. The highest BCUT2D eigenvalue weighted by Gasteiger charge is 2.38. The van der Waals surface area contributed by atoms with Crippen LogP contribution in [0.5, 0.6) is 0 Å². The zero-order valence-corrected chi connectivity index (χ0v) is 20.7. The first-order chi connectivity index (χ1) is 15.3. The van der Waals surface area contributed by atoms with E-state index in [0.717, 1.165) is 13.0 Å². The van der Waals surface area contributed by atoms with Crippen LogP contribution in [-0.4, -0.2) is 71.2 Å². The van der Waals surface area contributed by atoms with Crippen LogP contribution >= 0.6 is 22.9 Å². The van der Waals surface area contributed by atoms with E-state index < -0.39 is 5.41 Å². The van der Waals surface area contributed by atoms with Crippen molar-refractivity contribution in [2.24, 2.45) is 5.41 Å². The average Bonchev–Trinajstić information content (AvgIpc) is 3.31. The molecule has 0 N–H and O–H groups in total. The second-order valence-corrected chi connectivity index (χ2v) is 10.7. The van der Waals surface area contributed by atoms with E-state index in [4.69, 9.17) is 11.6 Å². The van der Waals surface area contributed by atoms with Crippen LogP contribution in [0.4, 0.5) is 0 Å². The molecule has 5 nitrogen and oxygen atoms in total. The number of carbonyl (C=O) groups is 2. The number of rotatable bonds is 5. The predicted octanol–water partition coefficient (Wildman–Crippen LogP) is 4.02. The lowest BCUT2D eigenvalue weighted by molar-refractivity contribution is -0.147. The Kier molecular flexibility index (Phi) is 6.94. The highest BCUT2D eigenvalue weighted by Crippen LogP contribution is 2.39. The average molecular weight is 474 g/mol. The van der Waals surface area contributed by atoms with Gasteiger partial charge in [0.05, 0.1) is 17.5 Å². The number of nitrogens with zero attached hydrogens (tertiary/aromatic N) is 3. The van der Waals surface area contributed by atoms with Gasteiger partial charge in [0.25, 0.3) is 0 Å². The van der Waals surface area contributed by atoms with E-state index in [2.05, 4.69) is 40.6 Å². The maximum Gasteiger partial charge on any atom is 0.239 e. The molecule has 1 saturated heterocycles. The molecule has 7 heteroatoms. The van der Waals surface area contributed by atoms with Gasteiger partial charge in [-0.1, -0.05) is 30.3 Å². The molecule has 0 aliphatic carbocycles. The van der Waals surface area contributed by atoms with Crippen LogP contribution in [0.25, 0.3) is 0 Å². The molecule has 0 radical (unpaired) electrons. The van der Waals surface area contributed by atoms with Crippen molar-refractivity contribution >= 4 is 34.8 Å². The highest BCUT2D eigenvalue weighted by molar-refractivity contribution is 7.10. The van der Waals surface area contributed by atoms with E-state index in [0.29, 0.717) is 32.1 Å². The van der Waals surface area contributed by atoms with E-state index in [9.17, 15) is 9.59 Å². The van der Waals surface area contributed by atoms with E-state index in [1.54, 1.807) is 0 Å². The molecule has 2 amide bonds. The Morgan fingerprint density at radius 1 is 1.06 bits per heavy atom. The topological polar surface area (TPSA) is 43.9 Å². The van der Waals surface area contributed by atoms with Gasteiger partial charge in [0, 0.05) is 43.5 Å². The van der Waals surface area contributed by atoms with Gasteiger partial charge in [0.1, 0.15) is 0 Å². The zero-order chi connectivity index (χ0) is 22.9. The summed E-state index contributed by atoms with van der Waals surface area (Å²) >= 11 is 7.80. The second-order valence-electron chi connectivity index (χ2n) is 9.41. The van der Waals surface area contributed by atoms with Crippen LogP contribution in [-0.2, 0) is 16.0 Å². The fraction of sp³-hybridized carbons (Fsp3) is 0.520. The summed E-state index contributed by atoms with van der Waals surface area (Å²) in [5.41, 5.74) is 1.98. The molecular formula is C25H32ClN3O2S. The number of hydrogen-bond acceptors (Lipinski definition) is 4. The SMILES string of the molecule is CC(C(=O)N1CCN(C(=O)C(C)(C)CCl)CC1)N1CCc2sccc2C1c1ccccc1. The van der Waals surface area contributed by atoms with E-state index in [1.165, 1.54) is 16.0 Å². The molecule has 3 heterocycles. The number of halogens is 1. The molecule has 2 aliphatic heterocycles. The molecule has 172 valence electrons. The summed E-state index contributed by atoms with van der Waals surface area (Å²) < 4.78 is 0. The first-order valence-corrected chi connectivity index (χ1v) is 12.8. The van der Waals surface area contributed by atoms with E-state index >= 15 is 0 Å². The maximum atomic E-state index is 13.5.